The Morgan fingerprint density at radius 3 is 2.16 bits per heavy atom. The standard InChI is InChI=1S/C23H29N3O5S/c1-26(2)19-10-8-18(9-11-19)24-23(22(30)31,13-12-20(27)28)25-21(29)17(15-32)14-16-6-4-3-5-7-16/h3-11,17,24,32H,12-15H2,1-2H3,(H,25,29)(H,27,28)(H,30,31)/t17?,23-/m0/s1. The third kappa shape index (κ3) is 6.91. The van der Waals surface area contributed by atoms with E-state index in [1.807, 2.05) is 49.3 Å². The summed E-state index contributed by atoms with van der Waals surface area (Å²) in [5.74, 6) is -3.45. The minimum atomic E-state index is -1.99. The van der Waals surface area contributed by atoms with E-state index in [2.05, 4.69) is 23.3 Å². The number of amides is 1. The molecule has 172 valence electrons. The molecule has 1 amide bonds. The zero-order valence-electron chi connectivity index (χ0n) is 18.1. The van der Waals surface area contributed by atoms with Gasteiger partial charge in [-0.1, -0.05) is 30.3 Å². The molecule has 9 heteroatoms. The molecule has 0 radical (unpaired) electrons. The van der Waals surface area contributed by atoms with Gasteiger partial charge in [0.2, 0.25) is 11.6 Å². The fourth-order valence-electron chi connectivity index (χ4n) is 3.21. The van der Waals surface area contributed by atoms with Gasteiger partial charge in [-0.15, -0.1) is 0 Å². The summed E-state index contributed by atoms with van der Waals surface area (Å²) in [5, 5.41) is 24.6. The van der Waals surface area contributed by atoms with E-state index in [0.717, 1.165) is 11.3 Å². The maximum absolute atomic E-state index is 13.1. The van der Waals surface area contributed by atoms with Crippen LogP contribution in [0.2, 0.25) is 0 Å². The summed E-state index contributed by atoms with van der Waals surface area (Å²) in [7, 11) is 3.75. The van der Waals surface area contributed by atoms with E-state index >= 15 is 0 Å². The van der Waals surface area contributed by atoms with Crippen LogP contribution in [-0.2, 0) is 20.8 Å². The van der Waals surface area contributed by atoms with Gasteiger partial charge in [-0.25, -0.2) is 4.79 Å². The van der Waals surface area contributed by atoms with Crippen LogP contribution in [-0.4, -0.2) is 53.6 Å². The molecular formula is C23H29N3O5S. The molecule has 0 bridgehead atoms. The summed E-state index contributed by atoms with van der Waals surface area (Å²) in [6.45, 7) is 0. The lowest BCUT2D eigenvalue weighted by molar-refractivity contribution is -0.148. The maximum atomic E-state index is 13.1. The van der Waals surface area contributed by atoms with Crippen molar-refractivity contribution in [3.63, 3.8) is 0 Å². The van der Waals surface area contributed by atoms with E-state index < -0.39 is 35.8 Å². The fourth-order valence-corrected chi connectivity index (χ4v) is 3.50. The Hall–Kier alpha value is -3.20. The zero-order valence-corrected chi connectivity index (χ0v) is 19.0. The number of hydrogen-bond donors (Lipinski definition) is 5. The first kappa shape index (κ1) is 25.1. The Balaban J connectivity index is 2.30. The fraction of sp³-hybridized carbons (Fsp3) is 0.348. The topological polar surface area (TPSA) is 119 Å². The molecule has 2 aromatic carbocycles. The molecule has 0 fully saturated rings. The summed E-state index contributed by atoms with van der Waals surface area (Å²) < 4.78 is 0. The summed E-state index contributed by atoms with van der Waals surface area (Å²) >= 11 is 4.27. The Bertz CT molecular complexity index is 921. The first-order valence-corrected chi connectivity index (χ1v) is 10.8. The molecule has 0 spiro atoms. The second kappa shape index (κ2) is 11.4. The van der Waals surface area contributed by atoms with Crippen LogP contribution in [0.15, 0.2) is 54.6 Å². The normalized spacial score (nSPS) is 13.5. The van der Waals surface area contributed by atoms with E-state index in [-0.39, 0.29) is 12.2 Å². The minimum absolute atomic E-state index is 0.201. The van der Waals surface area contributed by atoms with Crippen LogP contribution >= 0.6 is 12.6 Å². The van der Waals surface area contributed by atoms with Crippen molar-refractivity contribution in [1.82, 2.24) is 5.32 Å². The van der Waals surface area contributed by atoms with Crippen LogP contribution in [0.1, 0.15) is 18.4 Å². The van der Waals surface area contributed by atoms with Crippen molar-refractivity contribution in [2.24, 2.45) is 5.92 Å². The van der Waals surface area contributed by atoms with Crippen LogP contribution in [0.25, 0.3) is 0 Å². The van der Waals surface area contributed by atoms with Crippen molar-refractivity contribution >= 4 is 41.8 Å². The highest BCUT2D eigenvalue weighted by molar-refractivity contribution is 7.80. The highest BCUT2D eigenvalue weighted by Gasteiger charge is 2.41. The molecule has 2 aromatic rings. The molecule has 1 unspecified atom stereocenters. The lowest BCUT2D eigenvalue weighted by Gasteiger charge is -2.33. The average Bonchev–Trinajstić information content (AvgIpc) is 2.76. The van der Waals surface area contributed by atoms with Gasteiger partial charge < -0.3 is 25.7 Å². The largest absolute Gasteiger partial charge is 0.481 e. The molecular weight excluding hydrogens is 430 g/mol. The number of aliphatic carboxylic acids is 2. The molecule has 0 aliphatic carbocycles. The summed E-state index contributed by atoms with van der Waals surface area (Å²) in [6.07, 6.45) is -0.411. The van der Waals surface area contributed by atoms with Crippen LogP contribution in [0, 0.1) is 5.92 Å². The first-order valence-electron chi connectivity index (χ1n) is 10.1. The second-order valence-electron chi connectivity index (χ2n) is 7.73. The van der Waals surface area contributed by atoms with Crippen LogP contribution in [0.3, 0.4) is 0 Å². The Morgan fingerprint density at radius 2 is 1.66 bits per heavy atom. The SMILES string of the molecule is CN(C)c1ccc(N[C@@](CCC(=O)O)(NC(=O)C(CS)Cc2ccccc2)C(=O)O)cc1. The lowest BCUT2D eigenvalue weighted by atomic mass is 9.97. The smallest absolute Gasteiger partial charge is 0.350 e. The number of anilines is 2. The van der Waals surface area contributed by atoms with Crippen molar-refractivity contribution in [1.29, 1.82) is 0 Å². The first-order chi connectivity index (χ1) is 15.2. The van der Waals surface area contributed by atoms with Gasteiger partial charge in [0, 0.05) is 44.1 Å². The van der Waals surface area contributed by atoms with Gasteiger partial charge in [0.25, 0.3) is 0 Å². The quantitative estimate of drug-likeness (QED) is 0.245. The highest BCUT2D eigenvalue weighted by Crippen LogP contribution is 2.23. The van der Waals surface area contributed by atoms with Crippen molar-refractivity contribution in [2.45, 2.75) is 24.9 Å². The maximum Gasteiger partial charge on any atom is 0.350 e. The van der Waals surface area contributed by atoms with Crippen LogP contribution in [0.4, 0.5) is 11.4 Å². The number of carboxylic acids is 2. The molecule has 4 N–H and O–H groups in total. The van der Waals surface area contributed by atoms with Gasteiger partial charge in [0.15, 0.2) is 0 Å². The molecule has 32 heavy (non-hydrogen) atoms. The van der Waals surface area contributed by atoms with Gasteiger partial charge in [-0.05, 0) is 36.2 Å². The Kier molecular flexibility index (Phi) is 8.95. The van der Waals surface area contributed by atoms with E-state index in [9.17, 15) is 19.5 Å². The number of hydrogen-bond acceptors (Lipinski definition) is 6. The zero-order chi connectivity index (χ0) is 23.7. The van der Waals surface area contributed by atoms with E-state index in [0.29, 0.717) is 12.1 Å². The van der Waals surface area contributed by atoms with Crippen molar-refractivity contribution in [3.8, 4) is 0 Å². The van der Waals surface area contributed by atoms with Gasteiger partial charge in [0.1, 0.15) is 0 Å². The highest BCUT2D eigenvalue weighted by atomic mass is 32.1. The number of nitrogens with one attached hydrogen (secondary N) is 2. The van der Waals surface area contributed by atoms with Crippen molar-refractivity contribution in [3.05, 3.63) is 60.2 Å². The minimum Gasteiger partial charge on any atom is -0.481 e. The van der Waals surface area contributed by atoms with E-state index in [1.54, 1.807) is 24.3 Å². The molecule has 2 rings (SSSR count). The Labute approximate surface area is 193 Å². The van der Waals surface area contributed by atoms with Gasteiger partial charge >= 0.3 is 11.9 Å². The molecule has 0 aliphatic heterocycles. The predicted molar refractivity (Wildman–Crippen MR) is 127 cm³/mol. The lowest BCUT2D eigenvalue weighted by Crippen LogP contribution is -2.61. The van der Waals surface area contributed by atoms with Gasteiger partial charge in [-0.3, -0.25) is 9.59 Å². The van der Waals surface area contributed by atoms with Gasteiger partial charge in [-0.2, -0.15) is 12.6 Å². The summed E-state index contributed by atoms with van der Waals surface area (Å²) in [4.78, 5) is 38.5. The number of rotatable bonds is 12. The van der Waals surface area contributed by atoms with E-state index in [4.69, 9.17) is 5.11 Å². The number of benzene rings is 2. The molecule has 0 aliphatic rings. The number of nitrogens with zero attached hydrogens (tertiary/aromatic N) is 1. The van der Waals surface area contributed by atoms with Crippen LogP contribution < -0.4 is 15.5 Å². The van der Waals surface area contributed by atoms with Crippen molar-refractivity contribution < 1.29 is 24.6 Å². The molecule has 0 aromatic heterocycles. The molecule has 0 saturated heterocycles. The number of carboxylic acid groups (broad SMARTS) is 2. The number of carbonyl (C=O) groups excluding carboxylic acids is 1. The monoisotopic (exact) mass is 459 g/mol. The number of thiol groups is 1. The summed E-state index contributed by atoms with van der Waals surface area (Å²) in [6, 6.07) is 16.3. The van der Waals surface area contributed by atoms with E-state index in [1.165, 1.54) is 0 Å². The second-order valence-corrected chi connectivity index (χ2v) is 8.09. The molecule has 2 atom stereocenters. The summed E-state index contributed by atoms with van der Waals surface area (Å²) in [5.41, 5.74) is 0.270. The van der Waals surface area contributed by atoms with Crippen LogP contribution in [0.5, 0.6) is 0 Å². The van der Waals surface area contributed by atoms with Crippen molar-refractivity contribution in [2.75, 3.05) is 30.1 Å². The molecule has 8 nitrogen and oxygen atoms in total. The average molecular weight is 460 g/mol. The number of carbonyl (C=O) groups is 3. The predicted octanol–water partition coefficient (Wildman–Crippen LogP) is 2.72. The molecule has 0 heterocycles. The van der Waals surface area contributed by atoms with Gasteiger partial charge in [0.05, 0.1) is 5.92 Å². The third-order valence-electron chi connectivity index (χ3n) is 5.07. The third-order valence-corrected chi connectivity index (χ3v) is 5.51. The molecule has 0 saturated carbocycles. The Morgan fingerprint density at radius 1 is 1.03 bits per heavy atom.